The molecule has 0 atom stereocenters. The van der Waals surface area contributed by atoms with Crippen LogP contribution >= 0.6 is 0 Å². The predicted octanol–water partition coefficient (Wildman–Crippen LogP) is 8.73. The van der Waals surface area contributed by atoms with E-state index in [9.17, 15) is 35.8 Å². The van der Waals surface area contributed by atoms with E-state index in [0.29, 0.717) is 29.5 Å². The molecule has 0 unspecified atom stereocenters. The first-order chi connectivity index (χ1) is 19.4. The molecule has 0 aliphatic rings. The Bertz CT molecular complexity index is 1400. The zero-order chi connectivity index (χ0) is 32.1. The SMILES string of the molecule is CCC(CC)(c1ccc(CCC(O)(C(F)(F)F)C(F)(F)F)c(C)c1)c1ccc(-c2ccc(C)c(F)c2)c(C)c1.O=C=O. The van der Waals surface area contributed by atoms with Crippen molar-refractivity contribution in [2.75, 3.05) is 0 Å². The second-order valence-electron chi connectivity index (χ2n) is 10.4. The molecule has 1 N–H and O–H groups in total. The molecule has 228 valence electrons. The summed E-state index contributed by atoms with van der Waals surface area (Å²) in [5.74, 6) is -0.285. The molecule has 3 aromatic carbocycles. The number of benzene rings is 3. The lowest BCUT2D eigenvalue weighted by Gasteiger charge is -2.35. The van der Waals surface area contributed by atoms with Crippen molar-refractivity contribution >= 4 is 6.15 Å². The molecule has 0 aromatic heterocycles. The zero-order valence-corrected chi connectivity index (χ0v) is 23.9. The largest absolute Gasteiger partial charge is 0.426 e. The first-order valence-corrected chi connectivity index (χ1v) is 13.2. The van der Waals surface area contributed by atoms with E-state index in [1.54, 1.807) is 38.1 Å². The van der Waals surface area contributed by atoms with Crippen LogP contribution in [0, 0.1) is 26.6 Å². The van der Waals surface area contributed by atoms with E-state index < -0.39 is 36.2 Å². The molecule has 3 rings (SSSR count). The molecule has 0 fully saturated rings. The molecule has 0 bridgehead atoms. The van der Waals surface area contributed by atoms with Crippen molar-refractivity contribution in [1.29, 1.82) is 0 Å². The Labute approximate surface area is 240 Å². The standard InChI is InChI=1S/C31H33F7O.CO2/c1-6-28(7-2,25-12-13-26(21(5)17-25)23-9-8-19(3)27(32)18-23)24-11-10-22(20(4)16-24)14-15-29(39,30(33,34)35)31(36,37)38;2-1-3/h8-13,16-18,39H,6-7,14-15H2,1-5H3;. The lowest BCUT2D eigenvalue weighted by molar-refractivity contribution is -0.369. The van der Waals surface area contributed by atoms with Crippen LogP contribution in [0.5, 0.6) is 0 Å². The van der Waals surface area contributed by atoms with Crippen LogP contribution in [0.4, 0.5) is 30.7 Å². The van der Waals surface area contributed by atoms with Crippen LogP contribution in [0.1, 0.15) is 66.5 Å². The van der Waals surface area contributed by atoms with E-state index in [1.165, 1.54) is 6.07 Å². The summed E-state index contributed by atoms with van der Waals surface area (Å²) in [6, 6.07) is 16.2. The minimum absolute atomic E-state index is 0.250. The lowest BCUT2D eigenvalue weighted by Crippen LogP contribution is -2.57. The molecule has 0 aliphatic carbocycles. The van der Waals surface area contributed by atoms with Gasteiger partial charge in [0.15, 0.2) is 0 Å². The van der Waals surface area contributed by atoms with E-state index in [4.69, 9.17) is 9.59 Å². The summed E-state index contributed by atoms with van der Waals surface area (Å²) >= 11 is 0. The first-order valence-electron chi connectivity index (χ1n) is 13.2. The molecule has 0 saturated carbocycles. The van der Waals surface area contributed by atoms with Crippen molar-refractivity contribution in [3.8, 4) is 11.1 Å². The van der Waals surface area contributed by atoms with E-state index in [0.717, 1.165) is 27.8 Å². The van der Waals surface area contributed by atoms with Crippen LogP contribution in [0.3, 0.4) is 0 Å². The predicted molar refractivity (Wildman–Crippen MR) is 144 cm³/mol. The van der Waals surface area contributed by atoms with Gasteiger partial charge in [0.2, 0.25) is 0 Å². The van der Waals surface area contributed by atoms with E-state index in [-0.39, 0.29) is 12.0 Å². The second-order valence-corrected chi connectivity index (χ2v) is 10.4. The Kier molecular flexibility index (Phi) is 10.9. The summed E-state index contributed by atoms with van der Waals surface area (Å²) in [5.41, 5.74) is 0.698. The number of alkyl halides is 6. The average Bonchev–Trinajstić information content (AvgIpc) is 2.90. The number of rotatable bonds is 8. The van der Waals surface area contributed by atoms with E-state index in [1.807, 2.05) is 39.0 Å². The van der Waals surface area contributed by atoms with Crippen molar-refractivity contribution < 1.29 is 45.4 Å². The maximum Gasteiger partial charge on any atom is 0.426 e. The number of halogens is 7. The number of aliphatic hydroxyl groups is 1. The molecule has 3 nitrogen and oxygen atoms in total. The Morgan fingerprint density at radius 2 is 1.21 bits per heavy atom. The Morgan fingerprint density at radius 1 is 0.714 bits per heavy atom. The van der Waals surface area contributed by atoms with Crippen molar-refractivity contribution in [3.63, 3.8) is 0 Å². The lowest BCUT2D eigenvalue weighted by atomic mass is 9.69. The van der Waals surface area contributed by atoms with Crippen LogP contribution < -0.4 is 0 Å². The molecule has 0 spiro atoms. The molecule has 0 aliphatic heterocycles. The highest BCUT2D eigenvalue weighted by atomic mass is 19.4. The molecule has 0 heterocycles. The maximum atomic E-state index is 14.2. The van der Waals surface area contributed by atoms with Crippen LogP contribution in [-0.4, -0.2) is 29.2 Å². The fourth-order valence-electron chi connectivity index (χ4n) is 5.31. The Morgan fingerprint density at radius 3 is 1.64 bits per heavy atom. The maximum absolute atomic E-state index is 14.2. The Hall–Kier alpha value is -3.49. The fraction of sp³-hybridized carbons (Fsp3) is 0.406. The monoisotopic (exact) mass is 598 g/mol. The Balaban J connectivity index is 0.00000197. The summed E-state index contributed by atoms with van der Waals surface area (Å²) in [7, 11) is 0. The minimum atomic E-state index is -5.84. The topological polar surface area (TPSA) is 54.4 Å². The van der Waals surface area contributed by atoms with Gasteiger partial charge in [-0.15, -0.1) is 0 Å². The van der Waals surface area contributed by atoms with Gasteiger partial charge in [0, 0.05) is 5.41 Å². The summed E-state index contributed by atoms with van der Waals surface area (Å²) < 4.78 is 92.9. The van der Waals surface area contributed by atoms with Gasteiger partial charge in [0.1, 0.15) is 5.82 Å². The van der Waals surface area contributed by atoms with Crippen molar-refractivity contribution in [2.24, 2.45) is 0 Å². The van der Waals surface area contributed by atoms with E-state index >= 15 is 0 Å². The molecular formula is C32H33F7O3. The smallest absolute Gasteiger partial charge is 0.374 e. The molecule has 42 heavy (non-hydrogen) atoms. The van der Waals surface area contributed by atoms with Gasteiger partial charge < -0.3 is 5.11 Å². The summed E-state index contributed by atoms with van der Waals surface area (Å²) in [6.45, 7) is 9.35. The highest BCUT2D eigenvalue weighted by Crippen LogP contribution is 2.46. The summed E-state index contributed by atoms with van der Waals surface area (Å²) in [6.07, 6.45) is -12.1. The van der Waals surface area contributed by atoms with Crippen molar-refractivity contribution in [1.82, 2.24) is 0 Å². The number of aryl methyl sites for hydroxylation is 4. The molecule has 0 amide bonds. The number of hydrogen-bond donors (Lipinski definition) is 1. The molecule has 0 saturated heterocycles. The van der Waals surface area contributed by atoms with Crippen molar-refractivity contribution in [3.05, 3.63) is 93.8 Å². The van der Waals surface area contributed by atoms with Gasteiger partial charge in [-0.2, -0.15) is 35.9 Å². The second kappa shape index (κ2) is 13.2. The van der Waals surface area contributed by atoms with Gasteiger partial charge in [-0.3, -0.25) is 0 Å². The molecule has 3 aromatic rings. The zero-order valence-electron chi connectivity index (χ0n) is 23.9. The van der Waals surface area contributed by atoms with E-state index in [2.05, 4.69) is 6.07 Å². The highest BCUT2D eigenvalue weighted by Gasteiger charge is 2.69. The quantitative estimate of drug-likeness (QED) is 0.264. The third-order valence-electron chi connectivity index (χ3n) is 8.06. The average molecular weight is 599 g/mol. The highest BCUT2D eigenvalue weighted by molar-refractivity contribution is 5.68. The summed E-state index contributed by atoms with van der Waals surface area (Å²) in [4.78, 5) is 16.2. The van der Waals surface area contributed by atoms with Gasteiger partial charge in [-0.1, -0.05) is 62.4 Å². The third kappa shape index (κ3) is 6.93. The normalized spacial score (nSPS) is 12.4. The van der Waals surface area contributed by atoms with Gasteiger partial charge >= 0.3 is 18.5 Å². The van der Waals surface area contributed by atoms with Gasteiger partial charge in [-0.05, 0) is 97.0 Å². The molecular weight excluding hydrogens is 565 g/mol. The van der Waals surface area contributed by atoms with Gasteiger partial charge in [-0.25, -0.2) is 4.39 Å². The fourth-order valence-corrected chi connectivity index (χ4v) is 5.31. The molecule has 0 radical (unpaired) electrons. The summed E-state index contributed by atoms with van der Waals surface area (Å²) in [5, 5.41) is 9.53. The van der Waals surface area contributed by atoms with Gasteiger partial charge in [0.05, 0.1) is 0 Å². The number of hydrogen-bond acceptors (Lipinski definition) is 3. The van der Waals surface area contributed by atoms with Crippen LogP contribution in [-0.2, 0) is 21.4 Å². The van der Waals surface area contributed by atoms with Gasteiger partial charge in [0.25, 0.3) is 5.60 Å². The third-order valence-corrected chi connectivity index (χ3v) is 8.06. The number of carbonyl (C=O) groups excluding carboxylic acids is 2. The minimum Gasteiger partial charge on any atom is -0.374 e. The molecule has 10 heteroatoms. The van der Waals surface area contributed by atoms with Crippen LogP contribution in [0.15, 0.2) is 54.6 Å². The van der Waals surface area contributed by atoms with Crippen LogP contribution in [0.25, 0.3) is 11.1 Å². The van der Waals surface area contributed by atoms with Crippen LogP contribution in [0.2, 0.25) is 0 Å². The first kappa shape index (κ1) is 34.7. The van der Waals surface area contributed by atoms with Crippen molar-refractivity contribution in [2.45, 2.75) is 83.7 Å².